The lowest BCUT2D eigenvalue weighted by Gasteiger charge is -2.20. The van der Waals surface area contributed by atoms with Gasteiger partial charge in [0.1, 0.15) is 23.6 Å². The van der Waals surface area contributed by atoms with Gasteiger partial charge in [0.25, 0.3) is 5.91 Å². The number of carboxylic acids is 1. The molecule has 1 fully saturated rings. The average molecular weight is 672 g/mol. The molecular weight excluding hydrogens is 634 g/mol. The van der Waals surface area contributed by atoms with Crippen molar-refractivity contribution in [1.82, 2.24) is 14.1 Å². The number of aryl methyl sites for hydroxylation is 2. The summed E-state index contributed by atoms with van der Waals surface area (Å²) in [6.07, 6.45) is -1.47. The molecule has 1 aliphatic heterocycles. The SMILES string of the molecule is COc1cc(C)c(S(=O)(=O)N(C)Cc2cc(C(=O)N(C)Cc3ccc(CN4CCCC4)c(F)c3)co2)c(C)c1.O=C(O)C(F)(F)F. The van der Waals surface area contributed by atoms with E-state index in [-0.39, 0.29) is 29.7 Å². The summed E-state index contributed by atoms with van der Waals surface area (Å²) in [5.74, 6) is -2.41. The minimum atomic E-state index is -5.08. The molecule has 2 aromatic carbocycles. The number of sulfonamides is 1. The molecular formula is C31H37F4N3O7S. The molecule has 3 aromatic rings. The molecule has 1 aromatic heterocycles. The summed E-state index contributed by atoms with van der Waals surface area (Å²) < 4.78 is 85.0. The molecule has 1 N–H and O–H groups in total. The maximum atomic E-state index is 14.7. The Balaban J connectivity index is 0.000000738. The van der Waals surface area contributed by atoms with Crippen molar-refractivity contribution in [3.05, 3.63) is 82.1 Å². The van der Waals surface area contributed by atoms with Crippen LogP contribution in [0.3, 0.4) is 0 Å². The van der Waals surface area contributed by atoms with Gasteiger partial charge in [-0.3, -0.25) is 9.69 Å². The fourth-order valence-electron chi connectivity index (χ4n) is 5.04. The number of benzene rings is 2. The highest BCUT2D eigenvalue weighted by Crippen LogP contribution is 2.29. The van der Waals surface area contributed by atoms with E-state index in [0.717, 1.165) is 25.9 Å². The second kappa shape index (κ2) is 15.1. The number of likely N-dealkylation sites (tertiary alicyclic amines) is 1. The molecule has 0 unspecified atom stereocenters. The number of carboxylic acid groups (broad SMARTS) is 1. The van der Waals surface area contributed by atoms with Crippen molar-refractivity contribution in [2.45, 2.75) is 57.4 Å². The topological polar surface area (TPSA) is 121 Å². The van der Waals surface area contributed by atoms with E-state index >= 15 is 0 Å². The first-order valence-electron chi connectivity index (χ1n) is 14.2. The molecule has 15 heteroatoms. The van der Waals surface area contributed by atoms with E-state index in [1.165, 1.54) is 41.8 Å². The third kappa shape index (κ3) is 9.30. The Kier molecular flexibility index (Phi) is 12.0. The molecule has 1 saturated heterocycles. The second-order valence-electron chi connectivity index (χ2n) is 11.0. The van der Waals surface area contributed by atoms with Gasteiger partial charge in [0.15, 0.2) is 0 Å². The predicted molar refractivity (Wildman–Crippen MR) is 160 cm³/mol. The van der Waals surface area contributed by atoms with Gasteiger partial charge in [0, 0.05) is 32.7 Å². The lowest BCUT2D eigenvalue weighted by Crippen LogP contribution is -2.28. The van der Waals surface area contributed by atoms with Crippen LogP contribution in [0.5, 0.6) is 5.75 Å². The van der Waals surface area contributed by atoms with Crippen LogP contribution in [0, 0.1) is 19.7 Å². The lowest BCUT2D eigenvalue weighted by molar-refractivity contribution is -0.192. The normalized spacial score (nSPS) is 13.8. The number of hydrogen-bond donors (Lipinski definition) is 1. The number of nitrogens with zero attached hydrogens (tertiary/aromatic N) is 3. The Morgan fingerprint density at radius 3 is 2.13 bits per heavy atom. The summed E-state index contributed by atoms with van der Waals surface area (Å²) in [5.41, 5.74) is 2.80. The zero-order valence-electron chi connectivity index (χ0n) is 26.1. The highest BCUT2D eigenvalue weighted by molar-refractivity contribution is 7.89. The third-order valence-corrected chi connectivity index (χ3v) is 9.45. The van der Waals surface area contributed by atoms with Crippen LogP contribution >= 0.6 is 0 Å². The first-order valence-corrected chi connectivity index (χ1v) is 15.6. The zero-order chi connectivity index (χ0) is 34.4. The number of carbonyl (C=O) groups excluding carboxylic acids is 1. The summed E-state index contributed by atoms with van der Waals surface area (Å²) in [5, 5.41) is 7.12. The minimum Gasteiger partial charge on any atom is -0.497 e. The van der Waals surface area contributed by atoms with Crippen LogP contribution in [-0.2, 0) is 34.5 Å². The fourth-order valence-corrected chi connectivity index (χ4v) is 6.58. The van der Waals surface area contributed by atoms with E-state index in [1.54, 1.807) is 39.1 Å². The predicted octanol–water partition coefficient (Wildman–Crippen LogP) is 5.37. The van der Waals surface area contributed by atoms with Crippen molar-refractivity contribution in [1.29, 1.82) is 0 Å². The number of carbonyl (C=O) groups is 2. The summed E-state index contributed by atoms with van der Waals surface area (Å²) >= 11 is 0. The molecule has 0 radical (unpaired) electrons. The van der Waals surface area contributed by atoms with E-state index in [1.807, 2.05) is 6.07 Å². The monoisotopic (exact) mass is 671 g/mol. The molecule has 1 aliphatic rings. The van der Waals surface area contributed by atoms with Gasteiger partial charge in [-0.05, 0) is 80.7 Å². The summed E-state index contributed by atoms with van der Waals surface area (Å²) in [6, 6.07) is 10.0. The van der Waals surface area contributed by atoms with Gasteiger partial charge < -0.3 is 19.2 Å². The number of furan rings is 1. The largest absolute Gasteiger partial charge is 0.497 e. The molecule has 0 atom stereocenters. The number of ether oxygens (including phenoxy) is 1. The van der Waals surface area contributed by atoms with Crippen molar-refractivity contribution in [3.63, 3.8) is 0 Å². The highest BCUT2D eigenvalue weighted by atomic mass is 32.2. The molecule has 252 valence electrons. The van der Waals surface area contributed by atoms with Gasteiger partial charge in [-0.25, -0.2) is 17.6 Å². The van der Waals surface area contributed by atoms with E-state index in [4.69, 9.17) is 19.1 Å². The standard InChI is InChI=1S/C29H36FN3O5S.C2HF3O2/c1-20-12-25(37-5)13-21(2)28(20)39(35,36)32(4)18-26-15-24(19-38-26)29(34)31(3)16-22-8-9-23(27(30)14-22)17-33-10-6-7-11-33;3-2(4,5)1(6)7/h8-9,12-15,19H,6-7,10-11,16-18H2,1-5H3;(H,6,7). The number of rotatable bonds is 10. The number of methoxy groups -OCH3 is 1. The van der Waals surface area contributed by atoms with Crippen LogP contribution in [0.15, 0.2) is 52.0 Å². The smallest absolute Gasteiger partial charge is 0.490 e. The van der Waals surface area contributed by atoms with Gasteiger partial charge in [0.05, 0.1) is 24.1 Å². The average Bonchev–Trinajstić information content (AvgIpc) is 3.65. The van der Waals surface area contributed by atoms with Crippen molar-refractivity contribution >= 4 is 21.9 Å². The summed E-state index contributed by atoms with van der Waals surface area (Å²) in [7, 11) is 0.815. The van der Waals surface area contributed by atoms with Gasteiger partial charge in [-0.2, -0.15) is 17.5 Å². The zero-order valence-corrected chi connectivity index (χ0v) is 27.0. The number of alkyl halides is 3. The Hall–Kier alpha value is -3.95. The Labute approximate surface area is 265 Å². The van der Waals surface area contributed by atoms with Crippen molar-refractivity contribution < 1.29 is 49.8 Å². The van der Waals surface area contributed by atoms with Gasteiger partial charge in [0.2, 0.25) is 10.0 Å². The van der Waals surface area contributed by atoms with Crippen molar-refractivity contribution in [3.8, 4) is 5.75 Å². The molecule has 0 bridgehead atoms. The van der Waals surface area contributed by atoms with E-state index in [0.29, 0.717) is 45.9 Å². The number of hydrogen-bond acceptors (Lipinski definition) is 7. The van der Waals surface area contributed by atoms with Crippen LogP contribution in [-0.4, -0.2) is 80.0 Å². The number of amides is 1. The Bertz CT molecular complexity index is 1630. The molecule has 0 aliphatic carbocycles. The van der Waals surface area contributed by atoms with Crippen LogP contribution in [0.25, 0.3) is 0 Å². The molecule has 0 saturated carbocycles. The van der Waals surface area contributed by atoms with Crippen LogP contribution < -0.4 is 4.74 Å². The molecule has 0 spiro atoms. The van der Waals surface area contributed by atoms with Crippen molar-refractivity contribution in [2.24, 2.45) is 0 Å². The van der Waals surface area contributed by atoms with E-state index in [9.17, 15) is 30.8 Å². The van der Waals surface area contributed by atoms with Crippen LogP contribution in [0.4, 0.5) is 17.6 Å². The van der Waals surface area contributed by atoms with Gasteiger partial charge in [-0.15, -0.1) is 0 Å². The number of halogens is 4. The van der Waals surface area contributed by atoms with Crippen LogP contribution in [0.1, 0.15) is 51.2 Å². The molecule has 10 nitrogen and oxygen atoms in total. The minimum absolute atomic E-state index is 0.0477. The quantitative estimate of drug-likeness (QED) is 0.286. The summed E-state index contributed by atoms with van der Waals surface area (Å²) in [4.78, 5) is 25.9. The summed E-state index contributed by atoms with van der Waals surface area (Å²) in [6.45, 7) is 6.21. The van der Waals surface area contributed by atoms with E-state index < -0.39 is 22.2 Å². The molecule has 4 rings (SSSR count). The Morgan fingerprint density at radius 1 is 1.02 bits per heavy atom. The maximum absolute atomic E-state index is 14.7. The van der Waals surface area contributed by atoms with Gasteiger partial charge in [-0.1, -0.05) is 12.1 Å². The second-order valence-corrected chi connectivity index (χ2v) is 13.0. The lowest BCUT2D eigenvalue weighted by atomic mass is 10.1. The maximum Gasteiger partial charge on any atom is 0.490 e. The highest BCUT2D eigenvalue weighted by Gasteiger charge is 2.38. The number of aliphatic carboxylic acids is 1. The molecule has 46 heavy (non-hydrogen) atoms. The molecule has 1 amide bonds. The Morgan fingerprint density at radius 2 is 1.61 bits per heavy atom. The fraction of sp³-hybridized carbons (Fsp3) is 0.419. The first-order chi connectivity index (χ1) is 21.4. The van der Waals surface area contributed by atoms with Crippen molar-refractivity contribution in [2.75, 3.05) is 34.3 Å². The van der Waals surface area contributed by atoms with E-state index in [2.05, 4.69) is 4.90 Å². The van der Waals surface area contributed by atoms with Crippen LogP contribution in [0.2, 0.25) is 0 Å². The van der Waals surface area contributed by atoms with Gasteiger partial charge >= 0.3 is 12.1 Å². The first kappa shape index (κ1) is 36.5. The molecule has 2 heterocycles. The third-order valence-electron chi connectivity index (χ3n) is 7.34.